The largest absolute Gasteiger partial charge is 0.481 e. The van der Waals surface area contributed by atoms with Crippen LogP contribution < -0.4 is 0 Å². The average molecular weight is 257 g/mol. The number of benzene rings is 1. The number of halogens is 1. The summed E-state index contributed by atoms with van der Waals surface area (Å²) in [7, 11) is 0. The third-order valence-electron chi connectivity index (χ3n) is 2.04. The van der Waals surface area contributed by atoms with Gasteiger partial charge in [-0.1, -0.05) is 33.6 Å². The molecule has 0 saturated carbocycles. The Morgan fingerprint density at radius 1 is 1.50 bits per heavy atom. The second kappa shape index (κ2) is 5.15. The second-order valence-electron chi connectivity index (χ2n) is 3.34. The van der Waals surface area contributed by atoms with Crippen LogP contribution in [0.2, 0.25) is 0 Å². The van der Waals surface area contributed by atoms with Crippen molar-refractivity contribution in [3.8, 4) is 0 Å². The lowest BCUT2D eigenvalue weighted by atomic mass is 10.1. The first-order valence-corrected chi connectivity index (χ1v) is 5.35. The van der Waals surface area contributed by atoms with Crippen LogP contribution >= 0.6 is 15.9 Å². The summed E-state index contributed by atoms with van der Waals surface area (Å²) in [6.45, 7) is 2.03. The van der Waals surface area contributed by atoms with Crippen LogP contribution in [0.5, 0.6) is 0 Å². The summed E-state index contributed by atoms with van der Waals surface area (Å²) in [6, 6.07) is 6.13. The first-order valence-electron chi connectivity index (χ1n) is 4.56. The molecule has 0 amide bonds. The van der Waals surface area contributed by atoms with Gasteiger partial charge >= 0.3 is 5.97 Å². The van der Waals surface area contributed by atoms with Gasteiger partial charge in [-0.15, -0.1) is 0 Å². The summed E-state index contributed by atoms with van der Waals surface area (Å²) < 4.78 is 1.06. The number of rotatable bonds is 4. The van der Waals surface area contributed by atoms with E-state index in [1.54, 1.807) is 0 Å². The van der Waals surface area contributed by atoms with Crippen molar-refractivity contribution in [2.45, 2.75) is 26.2 Å². The molecule has 0 aliphatic rings. The smallest absolute Gasteiger partial charge is 0.303 e. The van der Waals surface area contributed by atoms with Gasteiger partial charge in [0.15, 0.2) is 0 Å². The zero-order chi connectivity index (χ0) is 10.6. The molecule has 0 saturated heterocycles. The molecule has 1 aromatic carbocycles. The van der Waals surface area contributed by atoms with Gasteiger partial charge in [0.05, 0.1) is 0 Å². The van der Waals surface area contributed by atoms with E-state index in [-0.39, 0.29) is 6.42 Å². The Kier molecular flexibility index (Phi) is 4.14. The second-order valence-corrected chi connectivity index (χ2v) is 4.20. The maximum absolute atomic E-state index is 10.3. The van der Waals surface area contributed by atoms with Gasteiger partial charge in [0.1, 0.15) is 0 Å². The predicted octanol–water partition coefficient (Wildman–Crippen LogP) is 3.16. The van der Waals surface area contributed by atoms with E-state index in [1.807, 2.05) is 19.1 Å². The topological polar surface area (TPSA) is 37.3 Å². The first-order chi connectivity index (χ1) is 6.59. The highest BCUT2D eigenvalue weighted by molar-refractivity contribution is 9.10. The molecule has 2 nitrogen and oxygen atoms in total. The molecule has 3 heteroatoms. The Balaban J connectivity index is 2.57. The highest BCUT2D eigenvalue weighted by atomic mass is 79.9. The molecule has 0 bridgehead atoms. The van der Waals surface area contributed by atoms with Crippen LogP contribution in [0.4, 0.5) is 0 Å². The molecule has 0 heterocycles. The highest BCUT2D eigenvalue weighted by Gasteiger charge is 2.02. The van der Waals surface area contributed by atoms with Crippen molar-refractivity contribution in [1.82, 2.24) is 0 Å². The fraction of sp³-hybridized carbons (Fsp3) is 0.364. The fourth-order valence-corrected chi connectivity index (χ4v) is 1.77. The van der Waals surface area contributed by atoms with Gasteiger partial charge < -0.3 is 5.11 Å². The van der Waals surface area contributed by atoms with Gasteiger partial charge in [0, 0.05) is 10.9 Å². The molecule has 0 unspecified atom stereocenters. The highest BCUT2D eigenvalue weighted by Crippen LogP contribution is 2.19. The number of carbonyl (C=O) groups is 1. The molecule has 0 spiro atoms. The van der Waals surface area contributed by atoms with E-state index in [2.05, 4.69) is 22.0 Å². The first kappa shape index (κ1) is 11.2. The number of carboxylic acid groups (broad SMARTS) is 1. The zero-order valence-corrected chi connectivity index (χ0v) is 9.67. The van der Waals surface area contributed by atoms with Gasteiger partial charge in [-0.3, -0.25) is 4.79 Å². The van der Waals surface area contributed by atoms with Gasteiger partial charge in [-0.2, -0.15) is 0 Å². The molecule has 0 aliphatic heterocycles. The van der Waals surface area contributed by atoms with E-state index < -0.39 is 5.97 Å². The molecule has 0 atom stereocenters. The lowest BCUT2D eigenvalue weighted by molar-refractivity contribution is -0.137. The fourth-order valence-electron chi connectivity index (χ4n) is 1.33. The molecule has 14 heavy (non-hydrogen) atoms. The minimum absolute atomic E-state index is 0.236. The Morgan fingerprint density at radius 2 is 2.21 bits per heavy atom. The van der Waals surface area contributed by atoms with Crippen molar-refractivity contribution < 1.29 is 9.90 Å². The maximum atomic E-state index is 10.3. The maximum Gasteiger partial charge on any atom is 0.303 e. The number of hydrogen-bond donors (Lipinski definition) is 1. The summed E-state index contributed by atoms with van der Waals surface area (Å²) >= 11 is 3.45. The molecule has 0 aromatic heterocycles. The van der Waals surface area contributed by atoms with E-state index in [0.29, 0.717) is 6.42 Å². The summed E-state index contributed by atoms with van der Waals surface area (Å²) in [6.07, 6.45) is 1.74. The minimum atomic E-state index is -0.728. The van der Waals surface area contributed by atoms with Gasteiger partial charge in [-0.25, -0.2) is 0 Å². The van der Waals surface area contributed by atoms with E-state index in [4.69, 9.17) is 5.11 Å². The van der Waals surface area contributed by atoms with Crippen LogP contribution in [0, 0.1) is 6.92 Å². The summed E-state index contributed by atoms with van der Waals surface area (Å²) in [4.78, 5) is 10.3. The standard InChI is InChI=1S/C11H13BrO2/c1-8-5-6-10(12)9(7-8)3-2-4-11(13)14/h5-7H,2-4H2,1H3,(H,13,14). The van der Waals surface area contributed by atoms with Crippen molar-refractivity contribution in [2.24, 2.45) is 0 Å². The van der Waals surface area contributed by atoms with Crippen LogP contribution in [-0.4, -0.2) is 11.1 Å². The van der Waals surface area contributed by atoms with Gasteiger partial charge in [0.25, 0.3) is 0 Å². The molecule has 76 valence electrons. The lowest BCUT2D eigenvalue weighted by Gasteiger charge is -2.04. The summed E-state index contributed by atoms with van der Waals surface area (Å²) in [5.74, 6) is -0.728. The number of hydrogen-bond acceptors (Lipinski definition) is 1. The van der Waals surface area contributed by atoms with Crippen LogP contribution in [0.15, 0.2) is 22.7 Å². The van der Waals surface area contributed by atoms with Crippen LogP contribution in [-0.2, 0) is 11.2 Å². The third kappa shape index (κ3) is 3.50. The van der Waals surface area contributed by atoms with E-state index in [9.17, 15) is 4.79 Å². The van der Waals surface area contributed by atoms with Gasteiger partial charge in [0.2, 0.25) is 0 Å². The number of carboxylic acids is 1. The van der Waals surface area contributed by atoms with Crippen molar-refractivity contribution in [3.05, 3.63) is 33.8 Å². The van der Waals surface area contributed by atoms with E-state index in [1.165, 1.54) is 11.1 Å². The van der Waals surface area contributed by atoms with Crippen molar-refractivity contribution in [1.29, 1.82) is 0 Å². The van der Waals surface area contributed by atoms with E-state index >= 15 is 0 Å². The average Bonchev–Trinajstić information content (AvgIpc) is 2.10. The molecule has 0 aliphatic carbocycles. The van der Waals surface area contributed by atoms with E-state index in [0.717, 1.165) is 10.9 Å². The van der Waals surface area contributed by atoms with Crippen molar-refractivity contribution in [2.75, 3.05) is 0 Å². The monoisotopic (exact) mass is 256 g/mol. The van der Waals surface area contributed by atoms with Crippen LogP contribution in [0.1, 0.15) is 24.0 Å². The number of aliphatic carboxylic acids is 1. The zero-order valence-electron chi connectivity index (χ0n) is 8.09. The molecule has 1 rings (SSSR count). The molecule has 1 N–H and O–H groups in total. The Bertz CT molecular complexity index is 334. The number of aryl methyl sites for hydroxylation is 2. The van der Waals surface area contributed by atoms with Gasteiger partial charge in [-0.05, 0) is 31.4 Å². The third-order valence-corrected chi connectivity index (χ3v) is 2.81. The minimum Gasteiger partial charge on any atom is -0.481 e. The van der Waals surface area contributed by atoms with Crippen LogP contribution in [0.25, 0.3) is 0 Å². The van der Waals surface area contributed by atoms with Crippen molar-refractivity contribution in [3.63, 3.8) is 0 Å². The molecule has 0 fully saturated rings. The summed E-state index contributed by atoms with van der Waals surface area (Å²) in [5, 5.41) is 8.50. The summed E-state index contributed by atoms with van der Waals surface area (Å²) in [5.41, 5.74) is 2.39. The Morgan fingerprint density at radius 3 is 2.86 bits per heavy atom. The molecular formula is C11H13BrO2. The molecule has 1 aromatic rings. The lowest BCUT2D eigenvalue weighted by Crippen LogP contribution is -1.96. The van der Waals surface area contributed by atoms with Crippen LogP contribution in [0.3, 0.4) is 0 Å². The van der Waals surface area contributed by atoms with Crippen molar-refractivity contribution >= 4 is 21.9 Å². The quantitative estimate of drug-likeness (QED) is 0.899. The predicted molar refractivity (Wildman–Crippen MR) is 59.5 cm³/mol. The SMILES string of the molecule is Cc1ccc(Br)c(CCCC(=O)O)c1. The molecule has 0 radical (unpaired) electrons. The Labute approximate surface area is 92.1 Å². The molecular weight excluding hydrogens is 244 g/mol. The normalized spacial score (nSPS) is 10.1. The Hall–Kier alpha value is -0.830.